The first-order valence-electron chi connectivity index (χ1n) is 7.87. The Morgan fingerprint density at radius 1 is 1.16 bits per heavy atom. The van der Waals surface area contributed by atoms with E-state index in [1.54, 1.807) is 31.2 Å². The van der Waals surface area contributed by atoms with E-state index in [4.69, 9.17) is 9.15 Å². The maximum absolute atomic E-state index is 13.1. The predicted octanol–water partition coefficient (Wildman–Crippen LogP) is 3.35. The zero-order valence-electron chi connectivity index (χ0n) is 14.6. The number of benzene rings is 1. The molecule has 2 aromatic rings. The average molecular weight is 432 g/mol. The van der Waals surface area contributed by atoms with Crippen LogP contribution in [0.1, 0.15) is 44.5 Å². The van der Waals surface area contributed by atoms with Gasteiger partial charge in [-0.15, -0.1) is 10.2 Å². The van der Waals surface area contributed by atoms with Crippen LogP contribution in [-0.4, -0.2) is 43.2 Å². The normalized spacial score (nSPS) is 13.6. The van der Waals surface area contributed by atoms with E-state index in [-0.39, 0.29) is 29.9 Å². The molecule has 138 valence electrons. The fraction of sp³-hybridized carbons (Fsp3) is 0.500. The lowest BCUT2D eigenvalue weighted by molar-refractivity contribution is 0.162. The van der Waals surface area contributed by atoms with Gasteiger partial charge in [0.2, 0.25) is 21.8 Å². The van der Waals surface area contributed by atoms with E-state index in [1.165, 1.54) is 11.4 Å². The molecule has 9 heteroatoms. The number of hydrogen-bond donors (Lipinski definition) is 0. The molecule has 0 N–H and O–H groups in total. The van der Waals surface area contributed by atoms with Crippen molar-refractivity contribution in [3.63, 3.8) is 0 Å². The van der Waals surface area contributed by atoms with Crippen LogP contribution in [0.2, 0.25) is 0 Å². The van der Waals surface area contributed by atoms with Crippen molar-refractivity contribution in [2.75, 3.05) is 20.3 Å². The fourth-order valence-corrected chi connectivity index (χ4v) is 4.05. The van der Waals surface area contributed by atoms with Gasteiger partial charge in [0.1, 0.15) is 6.04 Å². The lowest BCUT2D eigenvalue weighted by Gasteiger charge is -2.26. The number of aromatic nitrogens is 2. The van der Waals surface area contributed by atoms with Gasteiger partial charge in [0, 0.05) is 24.0 Å². The van der Waals surface area contributed by atoms with Gasteiger partial charge in [0.25, 0.3) is 0 Å². The van der Waals surface area contributed by atoms with Gasteiger partial charge in [-0.25, -0.2) is 8.42 Å². The van der Waals surface area contributed by atoms with E-state index in [0.717, 1.165) is 4.47 Å². The van der Waals surface area contributed by atoms with E-state index in [9.17, 15) is 8.42 Å². The highest BCUT2D eigenvalue weighted by atomic mass is 79.9. The van der Waals surface area contributed by atoms with Crippen molar-refractivity contribution in [3.8, 4) is 0 Å². The molecular formula is C16H22BrN3O4S. The van der Waals surface area contributed by atoms with Crippen molar-refractivity contribution in [2.24, 2.45) is 0 Å². The van der Waals surface area contributed by atoms with Crippen LogP contribution >= 0.6 is 15.9 Å². The van der Waals surface area contributed by atoms with Crippen LogP contribution in [0.4, 0.5) is 0 Å². The van der Waals surface area contributed by atoms with Crippen molar-refractivity contribution in [1.29, 1.82) is 0 Å². The van der Waals surface area contributed by atoms with Gasteiger partial charge in [0.15, 0.2) is 0 Å². The summed E-state index contributed by atoms with van der Waals surface area (Å²) in [5, 5.41) is 8.01. The highest BCUT2D eigenvalue weighted by molar-refractivity contribution is 9.10. The van der Waals surface area contributed by atoms with Gasteiger partial charge < -0.3 is 9.15 Å². The lowest BCUT2D eigenvalue weighted by Crippen LogP contribution is -2.36. The zero-order valence-corrected chi connectivity index (χ0v) is 17.0. The van der Waals surface area contributed by atoms with Crippen LogP contribution < -0.4 is 0 Å². The molecule has 0 spiro atoms. The Morgan fingerprint density at radius 2 is 1.76 bits per heavy atom. The average Bonchev–Trinajstić information content (AvgIpc) is 3.05. The number of rotatable bonds is 8. The van der Waals surface area contributed by atoms with Crippen molar-refractivity contribution in [1.82, 2.24) is 14.5 Å². The number of nitrogens with zero attached hydrogens (tertiary/aromatic N) is 3. The minimum Gasteiger partial charge on any atom is -0.423 e. The zero-order chi connectivity index (χ0) is 18.6. The molecule has 7 nitrogen and oxygen atoms in total. The Labute approximate surface area is 156 Å². The Bertz CT molecular complexity index is 790. The van der Waals surface area contributed by atoms with E-state index in [0.29, 0.717) is 5.89 Å². The van der Waals surface area contributed by atoms with Gasteiger partial charge in [0.05, 0.1) is 11.5 Å². The van der Waals surface area contributed by atoms with Crippen molar-refractivity contribution in [2.45, 2.75) is 37.6 Å². The van der Waals surface area contributed by atoms with Crippen LogP contribution in [0.3, 0.4) is 0 Å². The third-order valence-corrected chi connectivity index (χ3v) is 6.19. The summed E-state index contributed by atoms with van der Waals surface area (Å²) in [6.45, 7) is 6.02. The standard InChI is InChI=1S/C16H22BrN3O4S/c1-11(2)15-18-19-16(24-15)12(3)20(9-10-23-4)25(21,22)14-7-5-13(17)6-8-14/h5-8,11-12H,9-10H2,1-4H3. The summed E-state index contributed by atoms with van der Waals surface area (Å²) >= 11 is 3.31. The second kappa shape index (κ2) is 8.39. The molecule has 0 aliphatic heterocycles. The molecule has 0 aliphatic rings. The van der Waals surface area contributed by atoms with Crippen LogP contribution in [0.15, 0.2) is 38.1 Å². The largest absolute Gasteiger partial charge is 0.423 e. The summed E-state index contributed by atoms with van der Waals surface area (Å²) in [7, 11) is -2.22. The van der Waals surface area contributed by atoms with Gasteiger partial charge in [-0.2, -0.15) is 4.31 Å². The van der Waals surface area contributed by atoms with E-state index in [1.807, 2.05) is 13.8 Å². The minimum absolute atomic E-state index is 0.0731. The second-order valence-electron chi connectivity index (χ2n) is 5.87. The number of methoxy groups -OCH3 is 1. The summed E-state index contributed by atoms with van der Waals surface area (Å²) < 4.78 is 39.0. The predicted molar refractivity (Wildman–Crippen MR) is 96.7 cm³/mol. The molecule has 0 saturated carbocycles. The summed E-state index contributed by atoms with van der Waals surface area (Å²) in [6.07, 6.45) is 0. The number of sulfonamides is 1. The van der Waals surface area contributed by atoms with E-state index < -0.39 is 16.1 Å². The maximum atomic E-state index is 13.1. The van der Waals surface area contributed by atoms with Gasteiger partial charge >= 0.3 is 0 Å². The van der Waals surface area contributed by atoms with E-state index in [2.05, 4.69) is 26.1 Å². The Morgan fingerprint density at radius 3 is 2.28 bits per heavy atom. The summed E-state index contributed by atoms with van der Waals surface area (Å²) in [5.74, 6) is 0.819. The second-order valence-corrected chi connectivity index (χ2v) is 8.68. The molecule has 1 atom stereocenters. The van der Waals surface area contributed by atoms with Crippen molar-refractivity contribution >= 4 is 26.0 Å². The maximum Gasteiger partial charge on any atom is 0.243 e. The topological polar surface area (TPSA) is 85.5 Å². The summed E-state index contributed by atoms with van der Waals surface area (Å²) in [5.41, 5.74) is 0. The third kappa shape index (κ3) is 4.66. The molecule has 0 radical (unpaired) electrons. The number of ether oxygens (including phenoxy) is 1. The van der Waals surface area contributed by atoms with Gasteiger partial charge in [-0.1, -0.05) is 29.8 Å². The number of halogens is 1. The van der Waals surface area contributed by atoms with Crippen LogP contribution in [0.25, 0.3) is 0 Å². The summed E-state index contributed by atoms with van der Waals surface area (Å²) in [6, 6.07) is 5.88. The van der Waals surface area contributed by atoms with Crippen LogP contribution in [0, 0.1) is 0 Å². The molecule has 2 rings (SSSR count). The Kier molecular flexibility index (Phi) is 6.72. The molecule has 1 aromatic heterocycles. The molecular weight excluding hydrogens is 410 g/mol. The summed E-state index contributed by atoms with van der Waals surface area (Å²) in [4.78, 5) is 0.197. The molecule has 25 heavy (non-hydrogen) atoms. The lowest BCUT2D eigenvalue weighted by atomic mass is 10.2. The van der Waals surface area contributed by atoms with Crippen LogP contribution in [-0.2, 0) is 14.8 Å². The van der Waals surface area contributed by atoms with Gasteiger partial charge in [-0.3, -0.25) is 0 Å². The molecule has 1 unspecified atom stereocenters. The van der Waals surface area contributed by atoms with Crippen LogP contribution in [0.5, 0.6) is 0 Å². The van der Waals surface area contributed by atoms with Crippen molar-refractivity contribution in [3.05, 3.63) is 40.5 Å². The molecule has 0 saturated heterocycles. The minimum atomic E-state index is -3.74. The quantitative estimate of drug-likeness (QED) is 0.636. The number of hydrogen-bond acceptors (Lipinski definition) is 6. The van der Waals surface area contributed by atoms with Crippen molar-refractivity contribution < 1.29 is 17.6 Å². The first-order chi connectivity index (χ1) is 11.8. The Balaban J connectivity index is 2.37. The first-order valence-corrected chi connectivity index (χ1v) is 10.1. The highest BCUT2D eigenvalue weighted by Crippen LogP contribution is 2.28. The smallest absolute Gasteiger partial charge is 0.243 e. The molecule has 0 amide bonds. The molecule has 1 heterocycles. The van der Waals surface area contributed by atoms with Gasteiger partial charge in [-0.05, 0) is 31.2 Å². The molecule has 1 aromatic carbocycles. The molecule has 0 aliphatic carbocycles. The SMILES string of the molecule is COCCN(C(C)c1nnc(C(C)C)o1)S(=O)(=O)c1ccc(Br)cc1. The molecule has 0 bridgehead atoms. The van der Waals surface area contributed by atoms with E-state index >= 15 is 0 Å². The monoisotopic (exact) mass is 431 g/mol. The fourth-order valence-electron chi connectivity index (χ4n) is 2.22. The highest BCUT2D eigenvalue weighted by Gasteiger charge is 2.32. The first kappa shape index (κ1) is 20.0. The Hall–Kier alpha value is -1.29. The molecule has 0 fully saturated rings. The third-order valence-electron chi connectivity index (χ3n) is 3.68.